The molecule has 0 aliphatic heterocycles. The number of benzene rings is 1. The van der Waals surface area contributed by atoms with Crippen molar-refractivity contribution in [3.63, 3.8) is 0 Å². The fourth-order valence-corrected chi connectivity index (χ4v) is 2.34. The predicted octanol–water partition coefficient (Wildman–Crippen LogP) is 3.19. The number of nitrogens with one attached hydrogen (secondary N) is 2. The van der Waals surface area contributed by atoms with Gasteiger partial charge in [-0.1, -0.05) is 6.07 Å². The molecule has 9 heteroatoms. The Morgan fingerprint density at radius 2 is 2.08 bits per heavy atom. The number of nitrogens with zero attached hydrogens (tertiary/aromatic N) is 3. The van der Waals surface area contributed by atoms with E-state index >= 15 is 0 Å². The summed E-state index contributed by atoms with van der Waals surface area (Å²) in [6.45, 7) is 3.60. The fraction of sp³-hybridized carbons (Fsp3) is 0.412. The van der Waals surface area contributed by atoms with Crippen LogP contribution in [0.15, 0.2) is 41.9 Å². The molecule has 1 aromatic heterocycles. The van der Waals surface area contributed by atoms with E-state index in [1.807, 2.05) is 17.7 Å². The van der Waals surface area contributed by atoms with Crippen LogP contribution in [-0.2, 0) is 19.3 Å². The minimum absolute atomic E-state index is 0.0745. The molecule has 0 amide bonds. The smallest absolute Gasteiger partial charge is 0.357 e. The Morgan fingerprint density at radius 1 is 1.27 bits per heavy atom. The second-order valence-corrected chi connectivity index (χ2v) is 5.58. The van der Waals surface area contributed by atoms with Gasteiger partial charge in [0.05, 0.1) is 18.4 Å². The van der Waals surface area contributed by atoms with E-state index in [0.717, 1.165) is 25.1 Å². The molecule has 0 aliphatic rings. The van der Waals surface area contributed by atoms with Crippen molar-refractivity contribution in [3.8, 4) is 0 Å². The minimum Gasteiger partial charge on any atom is -0.357 e. The molecule has 0 unspecified atom stereocenters. The molecule has 0 fully saturated rings. The first kappa shape index (κ1) is 19.7. The van der Waals surface area contributed by atoms with Crippen LogP contribution < -0.4 is 10.6 Å². The Morgan fingerprint density at radius 3 is 2.73 bits per heavy atom. The molecular formula is C17H21F4N5. The number of aryl methyl sites for hydroxylation is 1. The van der Waals surface area contributed by atoms with Crippen LogP contribution >= 0.6 is 0 Å². The number of imidazole rings is 1. The van der Waals surface area contributed by atoms with Crippen LogP contribution in [0.5, 0.6) is 0 Å². The van der Waals surface area contributed by atoms with Gasteiger partial charge < -0.3 is 15.2 Å². The number of alkyl halides is 3. The number of hydrogen-bond acceptors (Lipinski definition) is 2. The van der Waals surface area contributed by atoms with E-state index in [1.165, 1.54) is 0 Å². The number of hydrogen-bond donors (Lipinski definition) is 2. The van der Waals surface area contributed by atoms with E-state index in [2.05, 4.69) is 20.6 Å². The van der Waals surface area contributed by atoms with Gasteiger partial charge in [-0.3, -0.25) is 0 Å². The lowest BCUT2D eigenvalue weighted by Gasteiger charge is -2.14. The molecule has 2 N–H and O–H groups in total. The molecule has 5 nitrogen and oxygen atoms in total. The number of guanidine groups is 1. The molecule has 1 aromatic carbocycles. The van der Waals surface area contributed by atoms with Gasteiger partial charge >= 0.3 is 6.18 Å². The third-order valence-corrected chi connectivity index (χ3v) is 3.57. The molecule has 0 saturated carbocycles. The SMILES string of the molecule is CCNC(=NCc1ccc(F)cc1C(F)(F)F)NCCCn1ccnc1. The average Bonchev–Trinajstić information content (AvgIpc) is 3.09. The standard InChI is InChI=1S/C17H21F4N5/c1-2-23-16(24-6-3-8-26-9-7-22-12-26)25-11-13-4-5-14(18)10-15(13)17(19,20)21/h4-5,7,9-10,12H,2-3,6,8,11H2,1H3,(H2,23,24,25). The Balaban J connectivity index is 1.97. The average molecular weight is 371 g/mol. The highest BCUT2D eigenvalue weighted by Crippen LogP contribution is 2.32. The maximum Gasteiger partial charge on any atom is 0.416 e. The summed E-state index contributed by atoms with van der Waals surface area (Å²) in [4.78, 5) is 8.13. The van der Waals surface area contributed by atoms with Crippen molar-refractivity contribution in [2.75, 3.05) is 13.1 Å². The van der Waals surface area contributed by atoms with Gasteiger partial charge in [0.15, 0.2) is 5.96 Å². The Hall–Kier alpha value is -2.58. The third-order valence-electron chi connectivity index (χ3n) is 3.57. The molecule has 142 valence electrons. The molecule has 0 atom stereocenters. The zero-order chi connectivity index (χ0) is 19.0. The maximum atomic E-state index is 13.2. The topological polar surface area (TPSA) is 54.2 Å². The normalized spacial score (nSPS) is 12.3. The third kappa shape index (κ3) is 6.05. The minimum atomic E-state index is -4.62. The van der Waals surface area contributed by atoms with Crippen LogP contribution in [0.2, 0.25) is 0 Å². The second-order valence-electron chi connectivity index (χ2n) is 5.58. The summed E-state index contributed by atoms with van der Waals surface area (Å²) in [7, 11) is 0. The molecule has 0 bridgehead atoms. The quantitative estimate of drug-likeness (QED) is 0.340. The van der Waals surface area contributed by atoms with Crippen molar-refractivity contribution in [2.24, 2.45) is 4.99 Å². The van der Waals surface area contributed by atoms with Crippen LogP contribution in [0, 0.1) is 5.82 Å². The first-order valence-corrected chi connectivity index (χ1v) is 8.23. The summed E-state index contributed by atoms with van der Waals surface area (Å²) in [5.41, 5.74) is -1.08. The molecule has 0 radical (unpaired) electrons. The van der Waals surface area contributed by atoms with Crippen LogP contribution in [0.1, 0.15) is 24.5 Å². The van der Waals surface area contributed by atoms with Crippen molar-refractivity contribution in [2.45, 2.75) is 32.6 Å². The molecule has 0 spiro atoms. The van der Waals surface area contributed by atoms with Crippen LogP contribution in [-0.4, -0.2) is 28.6 Å². The van der Waals surface area contributed by atoms with Crippen LogP contribution in [0.3, 0.4) is 0 Å². The van der Waals surface area contributed by atoms with E-state index in [1.54, 1.807) is 12.5 Å². The molecule has 1 heterocycles. The first-order valence-electron chi connectivity index (χ1n) is 8.23. The van der Waals surface area contributed by atoms with Crippen LogP contribution in [0.4, 0.5) is 17.6 Å². The van der Waals surface area contributed by atoms with Crippen molar-refractivity contribution >= 4 is 5.96 Å². The van der Waals surface area contributed by atoms with Crippen molar-refractivity contribution in [1.82, 2.24) is 20.2 Å². The van der Waals surface area contributed by atoms with Gasteiger partial charge in [0, 0.05) is 32.0 Å². The van der Waals surface area contributed by atoms with E-state index in [9.17, 15) is 17.6 Å². The lowest BCUT2D eigenvalue weighted by molar-refractivity contribution is -0.138. The van der Waals surface area contributed by atoms with E-state index < -0.39 is 17.6 Å². The largest absolute Gasteiger partial charge is 0.416 e. The van der Waals surface area contributed by atoms with Gasteiger partial charge in [0.1, 0.15) is 5.82 Å². The number of aromatic nitrogens is 2. The Kier molecular flexibility index (Phi) is 6.99. The highest BCUT2D eigenvalue weighted by molar-refractivity contribution is 5.79. The summed E-state index contributed by atoms with van der Waals surface area (Å²) >= 11 is 0. The van der Waals surface area contributed by atoms with Gasteiger partial charge in [0.25, 0.3) is 0 Å². The van der Waals surface area contributed by atoms with E-state index in [4.69, 9.17) is 0 Å². The summed E-state index contributed by atoms with van der Waals surface area (Å²) < 4.78 is 54.2. The summed E-state index contributed by atoms with van der Waals surface area (Å²) in [5.74, 6) is -0.509. The summed E-state index contributed by atoms with van der Waals surface area (Å²) in [6.07, 6.45) is 1.44. The van der Waals surface area contributed by atoms with Gasteiger partial charge in [-0.25, -0.2) is 14.4 Å². The Bertz CT molecular complexity index is 710. The van der Waals surface area contributed by atoms with E-state index in [0.29, 0.717) is 25.1 Å². The fourth-order valence-electron chi connectivity index (χ4n) is 2.34. The van der Waals surface area contributed by atoms with Crippen molar-refractivity contribution in [3.05, 3.63) is 53.9 Å². The monoisotopic (exact) mass is 371 g/mol. The maximum absolute atomic E-state index is 13.2. The molecule has 0 aliphatic carbocycles. The molecule has 2 rings (SSSR count). The van der Waals surface area contributed by atoms with Gasteiger partial charge in [-0.15, -0.1) is 0 Å². The van der Waals surface area contributed by atoms with Gasteiger partial charge in [-0.2, -0.15) is 13.2 Å². The zero-order valence-electron chi connectivity index (χ0n) is 14.4. The first-order chi connectivity index (χ1) is 12.4. The second kappa shape index (κ2) is 9.21. The molecular weight excluding hydrogens is 350 g/mol. The highest BCUT2D eigenvalue weighted by Gasteiger charge is 2.33. The summed E-state index contributed by atoms with van der Waals surface area (Å²) in [6, 6.07) is 2.62. The lowest BCUT2D eigenvalue weighted by atomic mass is 10.1. The van der Waals surface area contributed by atoms with Crippen LogP contribution in [0.25, 0.3) is 0 Å². The zero-order valence-corrected chi connectivity index (χ0v) is 14.4. The predicted molar refractivity (Wildman–Crippen MR) is 91.1 cm³/mol. The molecule has 26 heavy (non-hydrogen) atoms. The Labute approximate surface area is 149 Å². The lowest BCUT2D eigenvalue weighted by Crippen LogP contribution is -2.38. The molecule has 0 saturated heterocycles. The number of rotatable bonds is 7. The molecule has 2 aromatic rings. The van der Waals surface area contributed by atoms with Crippen molar-refractivity contribution < 1.29 is 17.6 Å². The van der Waals surface area contributed by atoms with Crippen molar-refractivity contribution in [1.29, 1.82) is 0 Å². The highest BCUT2D eigenvalue weighted by atomic mass is 19.4. The number of aliphatic imine (C=N–C) groups is 1. The number of halogens is 4. The van der Waals surface area contributed by atoms with E-state index in [-0.39, 0.29) is 12.1 Å². The van der Waals surface area contributed by atoms with Gasteiger partial charge in [0.2, 0.25) is 0 Å². The summed E-state index contributed by atoms with van der Waals surface area (Å²) in [5, 5.41) is 6.05. The van der Waals surface area contributed by atoms with Gasteiger partial charge in [-0.05, 0) is 31.0 Å².